The quantitative estimate of drug-likeness (QED) is 0.817. The van der Waals surface area contributed by atoms with Crippen LogP contribution in [-0.4, -0.2) is 12.1 Å². The monoisotopic (exact) mass is 231 g/mol. The van der Waals surface area contributed by atoms with Crippen LogP contribution in [0.15, 0.2) is 24.3 Å². The largest absolute Gasteiger partial charge is 0.312 e. The fraction of sp³-hybridized carbons (Fsp3) is 0.625. The fourth-order valence-electron chi connectivity index (χ4n) is 3.05. The lowest BCUT2D eigenvalue weighted by Crippen LogP contribution is -2.41. The van der Waals surface area contributed by atoms with Crippen molar-refractivity contribution in [1.29, 1.82) is 0 Å². The topological polar surface area (TPSA) is 12.0 Å². The van der Waals surface area contributed by atoms with Gasteiger partial charge < -0.3 is 5.32 Å². The number of fused-ring (bicyclic) bond motifs is 1. The molecule has 0 amide bonds. The Morgan fingerprint density at radius 1 is 1.18 bits per heavy atom. The third kappa shape index (κ3) is 3.32. The van der Waals surface area contributed by atoms with Crippen molar-refractivity contribution in [3.05, 3.63) is 35.4 Å². The molecule has 0 radical (unpaired) electrons. The maximum Gasteiger partial charge on any atom is 0.0128 e. The highest BCUT2D eigenvalue weighted by molar-refractivity contribution is 5.32. The smallest absolute Gasteiger partial charge is 0.0128 e. The lowest BCUT2D eigenvalue weighted by molar-refractivity contribution is 0.302. The first kappa shape index (κ1) is 12.6. The second-order valence-corrected chi connectivity index (χ2v) is 6.06. The van der Waals surface area contributed by atoms with Crippen LogP contribution < -0.4 is 5.32 Å². The summed E-state index contributed by atoms with van der Waals surface area (Å²) in [7, 11) is 0. The summed E-state index contributed by atoms with van der Waals surface area (Å²) in [4.78, 5) is 0. The molecule has 1 aromatic carbocycles. The van der Waals surface area contributed by atoms with Crippen molar-refractivity contribution in [2.45, 2.75) is 52.0 Å². The van der Waals surface area contributed by atoms with Crippen molar-refractivity contribution in [3.8, 4) is 0 Å². The second kappa shape index (κ2) is 5.22. The number of benzene rings is 1. The SMILES string of the molecule is CCCNC(C)(C)CC1Cc2ccccc2C1. The molecule has 0 atom stereocenters. The molecule has 0 fully saturated rings. The van der Waals surface area contributed by atoms with Crippen LogP contribution >= 0.6 is 0 Å². The van der Waals surface area contributed by atoms with E-state index < -0.39 is 0 Å². The van der Waals surface area contributed by atoms with Crippen LogP contribution in [0, 0.1) is 5.92 Å². The highest BCUT2D eigenvalue weighted by Gasteiger charge is 2.27. The van der Waals surface area contributed by atoms with Gasteiger partial charge in [-0.1, -0.05) is 31.2 Å². The lowest BCUT2D eigenvalue weighted by Gasteiger charge is -2.29. The van der Waals surface area contributed by atoms with Crippen molar-refractivity contribution >= 4 is 0 Å². The van der Waals surface area contributed by atoms with E-state index in [1.165, 1.54) is 25.7 Å². The molecule has 94 valence electrons. The maximum absolute atomic E-state index is 3.66. The molecule has 1 aromatic rings. The van der Waals surface area contributed by atoms with Gasteiger partial charge in [-0.25, -0.2) is 0 Å². The Bertz CT molecular complexity index is 343. The van der Waals surface area contributed by atoms with Gasteiger partial charge in [0.1, 0.15) is 0 Å². The van der Waals surface area contributed by atoms with Crippen LogP contribution in [0.1, 0.15) is 44.7 Å². The van der Waals surface area contributed by atoms with Gasteiger partial charge in [-0.3, -0.25) is 0 Å². The van der Waals surface area contributed by atoms with E-state index in [0.717, 1.165) is 12.5 Å². The minimum atomic E-state index is 0.280. The summed E-state index contributed by atoms with van der Waals surface area (Å²) in [5.74, 6) is 0.826. The van der Waals surface area contributed by atoms with Crippen LogP contribution in [0.5, 0.6) is 0 Å². The van der Waals surface area contributed by atoms with E-state index in [1.54, 1.807) is 11.1 Å². The maximum atomic E-state index is 3.66. The molecule has 1 aliphatic rings. The van der Waals surface area contributed by atoms with E-state index in [0.29, 0.717) is 0 Å². The second-order valence-electron chi connectivity index (χ2n) is 6.06. The van der Waals surface area contributed by atoms with E-state index in [2.05, 4.69) is 50.4 Å². The lowest BCUT2D eigenvalue weighted by atomic mass is 9.88. The molecule has 0 saturated carbocycles. The number of nitrogens with one attached hydrogen (secondary N) is 1. The first-order valence-electron chi connectivity index (χ1n) is 6.92. The third-order valence-electron chi connectivity index (χ3n) is 3.79. The first-order chi connectivity index (χ1) is 8.11. The summed E-state index contributed by atoms with van der Waals surface area (Å²) in [5.41, 5.74) is 3.43. The average Bonchev–Trinajstić information content (AvgIpc) is 2.67. The zero-order chi connectivity index (χ0) is 12.3. The highest BCUT2D eigenvalue weighted by Crippen LogP contribution is 2.31. The molecule has 1 nitrogen and oxygen atoms in total. The highest BCUT2D eigenvalue weighted by atomic mass is 14.9. The van der Waals surface area contributed by atoms with E-state index in [9.17, 15) is 0 Å². The minimum Gasteiger partial charge on any atom is -0.312 e. The molecule has 17 heavy (non-hydrogen) atoms. The van der Waals surface area contributed by atoms with Crippen molar-refractivity contribution in [2.24, 2.45) is 5.92 Å². The Morgan fingerprint density at radius 2 is 1.76 bits per heavy atom. The predicted octanol–water partition coefficient (Wildman–Crippen LogP) is 3.57. The summed E-state index contributed by atoms with van der Waals surface area (Å²) in [5, 5.41) is 3.66. The number of hydrogen-bond donors (Lipinski definition) is 1. The molecule has 0 bridgehead atoms. The van der Waals surface area contributed by atoms with E-state index >= 15 is 0 Å². The minimum absolute atomic E-state index is 0.280. The third-order valence-corrected chi connectivity index (χ3v) is 3.79. The molecule has 1 heteroatoms. The molecule has 0 heterocycles. The fourth-order valence-corrected chi connectivity index (χ4v) is 3.05. The van der Waals surface area contributed by atoms with Gasteiger partial charge in [-0.05, 0) is 63.1 Å². The van der Waals surface area contributed by atoms with Crippen molar-refractivity contribution < 1.29 is 0 Å². The summed E-state index contributed by atoms with van der Waals surface area (Å²) in [6.45, 7) is 8.04. The Kier molecular flexibility index (Phi) is 3.88. The van der Waals surface area contributed by atoms with Crippen LogP contribution in [0.4, 0.5) is 0 Å². The molecular weight excluding hydrogens is 206 g/mol. The van der Waals surface area contributed by atoms with Crippen LogP contribution in [-0.2, 0) is 12.8 Å². The first-order valence-corrected chi connectivity index (χ1v) is 6.92. The van der Waals surface area contributed by atoms with Gasteiger partial charge >= 0.3 is 0 Å². The normalized spacial score (nSPS) is 16.2. The van der Waals surface area contributed by atoms with E-state index in [1.807, 2.05) is 0 Å². The van der Waals surface area contributed by atoms with E-state index in [4.69, 9.17) is 0 Å². The van der Waals surface area contributed by atoms with Crippen molar-refractivity contribution in [3.63, 3.8) is 0 Å². The van der Waals surface area contributed by atoms with Gasteiger partial charge in [0.2, 0.25) is 0 Å². The Balaban J connectivity index is 1.91. The summed E-state index contributed by atoms with van der Waals surface area (Å²) < 4.78 is 0. The Hall–Kier alpha value is -0.820. The number of hydrogen-bond acceptors (Lipinski definition) is 1. The standard InChI is InChI=1S/C16H25N/c1-4-9-17-16(2,3)12-13-10-14-7-5-6-8-15(14)11-13/h5-8,13,17H,4,9-12H2,1-3H3. The van der Waals surface area contributed by atoms with Crippen molar-refractivity contribution in [2.75, 3.05) is 6.54 Å². The Labute approximate surface area is 106 Å². The van der Waals surface area contributed by atoms with Gasteiger partial charge in [0, 0.05) is 5.54 Å². The number of rotatable bonds is 5. The summed E-state index contributed by atoms with van der Waals surface area (Å²) >= 11 is 0. The summed E-state index contributed by atoms with van der Waals surface area (Å²) in [6.07, 6.45) is 5.04. The van der Waals surface area contributed by atoms with Crippen molar-refractivity contribution in [1.82, 2.24) is 5.32 Å². The van der Waals surface area contributed by atoms with Gasteiger partial charge in [0.25, 0.3) is 0 Å². The van der Waals surface area contributed by atoms with Gasteiger partial charge in [-0.2, -0.15) is 0 Å². The zero-order valence-electron chi connectivity index (χ0n) is 11.4. The predicted molar refractivity (Wildman–Crippen MR) is 74.3 cm³/mol. The molecular formula is C16H25N. The Morgan fingerprint density at radius 3 is 2.29 bits per heavy atom. The molecule has 1 aliphatic carbocycles. The van der Waals surface area contributed by atoms with E-state index in [-0.39, 0.29) is 5.54 Å². The molecule has 1 N–H and O–H groups in total. The molecule has 0 unspecified atom stereocenters. The average molecular weight is 231 g/mol. The van der Waals surface area contributed by atoms with Gasteiger partial charge in [0.05, 0.1) is 0 Å². The summed E-state index contributed by atoms with van der Waals surface area (Å²) in [6, 6.07) is 8.92. The molecule has 0 aliphatic heterocycles. The van der Waals surface area contributed by atoms with Gasteiger partial charge in [0.15, 0.2) is 0 Å². The molecule has 0 aromatic heterocycles. The molecule has 0 saturated heterocycles. The molecule has 2 rings (SSSR count). The zero-order valence-corrected chi connectivity index (χ0v) is 11.4. The van der Waals surface area contributed by atoms with Crippen LogP contribution in [0.3, 0.4) is 0 Å². The van der Waals surface area contributed by atoms with Crippen LogP contribution in [0.25, 0.3) is 0 Å². The molecule has 0 spiro atoms. The van der Waals surface area contributed by atoms with Crippen LogP contribution in [0.2, 0.25) is 0 Å². The van der Waals surface area contributed by atoms with Gasteiger partial charge in [-0.15, -0.1) is 0 Å².